The van der Waals surface area contributed by atoms with E-state index in [1.165, 1.54) is 22.2 Å². The zero-order valence-electron chi connectivity index (χ0n) is 14.0. The maximum absolute atomic E-state index is 12.4. The number of aryl methyl sites for hydroxylation is 2. The highest BCUT2D eigenvalue weighted by molar-refractivity contribution is 8.00. The van der Waals surface area contributed by atoms with Gasteiger partial charge in [-0.2, -0.15) is 5.10 Å². The predicted octanol–water partition coefficient (Wildman–Crippen LogP) is 4.57. The van der Waals surface area contributed by atoms with Crippen LogP contribution in [-0.4, -0.2) is 31.8 Å². The smallest absolute Gasteiger partial charge is 0.236 e. The molecule has 2 N–H and O–H groups in total. The van der Waals surface area contributed by atoms with Crippen LogP contribution in [0.4, 0.5) is 5.82 Å². The van der Waals surface area contributed by atoms with Gasteiger partial charge >= 0.3 is 0 Å². The van der Waals surface area contributed by atoms with Gasteiger partial charge in [-0.05, 0) is 31.5 Å². The molecule has 0 aliphatic rings. The molecule has 1 aromatic carbocycles. The predicted molar refractivity (Wildman–Crippen MR) is 107 cm³/mol. The molecule has 3 aromatic heterocycles. The van der Waals surface area contributed by atoms with Crippen molar-refractivity contribution in [1.29, 1.82) is 0 Å². The monoisotopic (exact) mass is 403 g/mol. The lowest BCUT2D eigenvalue weighted by atomic mass is 10.2. The van der Waals surface area contributed by atoms with Crippen molar-refractivity contribution >= 4 is 67.5 Å². The minimum absolute atomic E-state index is 0.167. The van der Waals surface area contributed by atoms with Crippen molar-refractivity contribution < 1.29 is 4.79 Å². The molecule has 0 spiro atoms. The van der Waals surface area contributed by atoms with Crippen LogP contribution >= 0.6 is 34.7 Å². The third-order valence-electron chi connectivity index (χ3n) is 4.07. The van der Waals surface area contributed by atoms with Crippen LogP contribution < -0.4 is 5.32 Å². The number of fused-ring (bicyclic) bond motifs is 2. The first-order chi connectivity index (χ1) is 12.5. The van der Waals surface area contributed by atoms with Gasteiger partial charge in [0.15, 0.2) is 5.82 Å². The van der Waals surface area contributed by atoms with Crippen molar-refractivity contribution in [3.05, 3.63) is 40.0 Å². The molecule has 4 aromatic rings. The van der Waals surface area contributed by atoms with E-state index in [4.69, 9.17) is 11.6 Å². The average molecular weight is 404 g/mol. The number of H-pyrrole nitrogens is 1. The molecule has 0 aliphatic heterocycles. The van der Waals surface area contributed by atoms with Gasteiger partial charge in [-0.15, -0.1) is 11.3 Å². The van der Waals surface area contributed by atoms with Crippen LogP contribution in [0.5, 0.6) is 0 Å². The Labute approximate surface area is 162 Å². The van der Waals surface area contributed by atoms with Crippen LogP contribution in [0.3, 0.4) is 0 Å². The summed E-state index contributed by atoms with van der Waals surface area (Å²) in [6, 6.07) is 5.46. The van der Waals surface area contributed by atoms with Gasteiger partial charge in [0.05, 0.1) is 21.7 Å². The molecule has 0 saturated carbocycles. The molecule has 0 fully saturated rings. The second kappa shape index (κ2) is 6.86. The zero-order chi connectivity index (χ0) is 18.3. The number of nitrogens with zero attached hydrogens (tertiary/aromatic N) is 3. The standard InChI is InChI=1S/C17H14ClN5OS2/c1-8-9(2)26-17-13(8)16(19-7-20-17)25-6-12(24)21-15-14-10(18)4-3-5-11(14)22-23-15/h3-5,7H,6H2,1-2H3,(H2,21,22,23,24). The molecule has 4 rings (SSSR count). The van der Waals surface area contributed by atoms with Crippen molar-refractivity contribution in [3.63, 3.8) is 0 Å². The number of anilines is 1. The maximum atomic E-state index is 12.4. The number of thioether (sulfide) groups is 1. The molecule has 0 radical (unpaired) electrons. The molecule has 132 valence electrons. The van der Waals surface area contributed by atoms with Gasteiger partial charge in [0, 0.05) is 10.3 Å². The Morgan fingerprint density at radius 2 is 2.15 bits per heavy atom. The Hall–Kier alpha value is -2.16. The highest BCUT2D eigenvalue weighted by atomic mass is 35.5. The van der Waals surface area contributed by atoms with E-state index in [1.807, 2.05) is 12.1 Å². The normalized spacial score (nSPS) is 11.3. The van der Waals surface area contributed by atoms with Crippen LogP contribution in [0.25, 0.3) is 21.1 Å². The second-order valence-electron chi connectivity index (χ2n) is 5.71. The summed E-state index contributed by atoms with van der Waals surface area (Å²) in [5, 5.41) is 12.9. The van der Waals surface area contributed by atoms with Crippen LogP contribution in [0.1, 0.15) is 10.4 Å². The number of aromatic amines is 1. The molecule has 0 aliphatic carbocycles. The Bertz CT molecular complexity index is 1140. The summed E-state index contributed by atoms with van der Waals surface area (Å²) < 4.78 is 0. The van der Waals surface area contributed by atoms with Crippen molar-refractivity contribution in [2.75, 3.05) is 11.1 Å². The fraction of sp³-hybridized carbons (Fsp3) is 0.176. The van der Waals surface area contributed by atoms with Gasteiger partial charge in [-0.1, -0.05) is 29.4 Å². The fourth-order valence-electron chi connectivity index (χ4n) is 2.68. The summed E-state index contributed by atoms with van der Waals surface area (Å²) >= 11 is 9.24. The summed E-state index contributed by atoms with van der Waals surface area (Å²) in [6.45, 7) is 4.12. The molecule has 1 amide bonds. The Balaban J connectivity index is 1.53. The molecule has 3 heterocycles. The Morgan fingerprint density at radius 3 is 3.00 bits per heavy atom. The number of halogens is 1. The SMILES string of the molecule is Cc1sc2ncnc(SCC(=O)Nc3n[nH]c4cccc(Cl)c34)c2c1C. The number of rotatable bonds is 4. The number of hydrogen-bond acceptors (Lipinski definition) is 6. The van der Waals surface area contributed by atoms with E-state index in [2.05, 4.69) is 39.3 Å². The number of thiophene rings is 1. The van der Waals surface area contributed by atoms with E-state index in [9.17, 15) is 4.79 Å². The minimum atomic E-state index is -0.167. The van der Waals surface area contributed by atoms with E-state index in [1.54, 1.807) is 23.7 Å². The van der Waals surface area contributed by atoms with Crippen molar-refractivity contribution in [3.8, 4) is 0 Å². The maximum Gasteiger partial charge on any atom is 0.236 e. The lowest BCUT2D eigenvalue weighted by Crippen LogP contribution is -2.14. The van der Waals surface area contributed by atoms with E-state index in [-0.39, 0.29) is 11.7 Å². The number of aromatic nitrogens is 4. The fourth-order valence-corrected chi connectivity index (χ4v) is 4.86. The van der Waals surface area contributed by atoms with Crippen molar-refractivity contribution in [2.24, 2.45) is 0 Å². The minimum Gasteiger partial charge on any atom is -0.308 e. The summed E-state index contributed by atoms with van der Waals surface area (Å²) in [5.41, 5.74) is 1.95. The zero-order valence-corrected chi connectivity index (χ0v) is 16.3. The van der Waals surface area contributed by atoms with Gasteiger partial charge in [-0.3, -0.25) is 9.89 Å². The lowest BCUT2D eigenvalue weighted by molar-refractivity contribution is -0.113. The van der Waals surface area contributed by atoms with Gasteiger partial charge in [0.1, 0.15) is 16.2 Å². The number of hydrogen-bond donors (Lipinski definition) is 2. The first kappa shape index (κ1) is 17.3. The van der Waals surface area contributed by atoms with E-state index in [0.29, 0.717) is 16.2 Å². The first-order valence-corrected chi connectivity index (χ1v) is 9.98. The van der Waals surface area contributed by atoms with Gasteiger partial charge in [0.25, 0.3) is 0 Å². The quantitative estimate of drug-likeness (QED) is 0.385. The average Bonchev–Trinajstić information content (AvgIpc) is 3.16. The molecule has 6 nitrogen and oxygen atoms in total. The highest BCUT2D eigenvalue weighted by Gasteiger charge is 2.15. The van der Waals surface area contributed by atoms with Crippen molar-refractivity contribution in [1.82, 2.24) is 20.2 Å². The summed E-state index contributed by atoms with van der Waals surface area (Å²) in [6.07, 6.45) is 1.54. The van der Waals surface area contributed by atoms with E-state index >= 15 is 0 Å². The molecule has 26 heavy (non-hydrogen) atoms. The molecular weight excluding hydrogens is 390 g/mol. The first-order valence-electron chi connectivity index (χ1n) is 7.80. The number of amides is 1. The van der Waals surface area contributed by atoms with Gasteiger partial charge in [-0.25, -0.2) is 9.97 Å². The van der Waals surface area contributed by atoms with E-state index < -0.39 is 0 Å². The summed E-state index contributed by atoms with van der Waals surface area (Å²) in [7, 11) is 0. The molecular formula is C17H14ClN5OS2. The Morgan fingerprint density at radius 1 is 1.31 bits per heavy atom. The molecule has 0 unspecified atom stereocenters. The van der Waals surface area contributed by atoms with Crippen LogP contribution in [-0.2, 0) is 4.79 Å². The van der Waals surface area contributed by atoms with Crippen LogP contribution in [0.2, 0.25) is 5.02 Å². The third-order valence-corrected chi connectivity index (χ3v) is 6.49. The Kier molecular flexibility index (Phi) is 4.56. The molecule has 0 atom stereocenters. The number of benzene rings is 1. The largest absolute Gasteiger partial charge is 0.308 e. The second-order valence-corrected chi connectivity index (χ2v) is 8.29. The number of nitrogens with one attached hydrogen (secondary N) is 2. The molecule has 9 heteroatoms. The lowest BCUT2D eigenvalue weighted by Gasteiger charge is -2.05. The number of carbonyl (C=O) groups is 1. The third kappa shape index (κ3) is 3.04. The molecule has 0 bridgehead atoms. The van der Waals surface area contributed by atoms with Gasteiger partial charge < -0.3 is 5.32 Å². The highest BCUT2D eigenvalue weighted by Crippen LogP contribution is 2.34. The van der Waals surface area contributed by atoms with Crippen molar-refractivity contribution in [2.45, 2.75) is 18.9 Å². The summed E-state index contributed by atoms with van der Waals surface area (Å²) in [5.74, 6) is 0.491. The van der Waals surface area contributed by atoms with Gasteiger partial charge in [0.2, 0.25) is 5.91 Å². The van der Waals surface area contributed by atoms with Crippen LogP contribution in [0, 0.1) is 13.8 Å². The van der Waals surface area contributed by atoms with E-state index in [0.717, 1.165) is 20.8 Å². The summed E-state index contributed by atoms with van der Waals surface area (Å²) in [4.78, 5) is 23.2. The molecule has 0 saturated heterocycles. The van der Waals surface area contributed by atoms with Crippen LogP contribution in [0.15, 0.2) is 29.6 Å². The topological polar surface area (TPSA) is 83.6 Å². The number of carbonyl (C=O) groups excluding carboxylic acids is 1.